The molecule has 5 heteroatoms. The van der Waals surface area contributed by atoms with Crippen LogP contribution in [0.25, 0.3) is 0 Å². The lowest BCUT2D eigenvalue weighted by Gasteiger charge is -2.23. The van der Waals surface area contributed by atoms with E-state index in [2.05, 4.69) is 20.9 Å². The Labute approximate surface area is 137 Å². The molecule has 1 aromatic heterocycles. The van der Waals surface area contributed by atoms with Crippen LogP contribution in [0.2, 0.25) is 5.15 Å². The molecule has 108 valence electrons. The van der Waals surface area contributed by atoms with Gasteiger partial charge in [-0.2, -0.15) is 0 Å². The molecule has 1 amide bonds. The fraction of sp³-hybridized carbons (Fsp3) is 0.250. The lowest BCUT2D eigenvalue weighted by Crippen LogP contribution is -2.32. The number of pyridine rings is 1. The lowest BCUT2D eigenvalue weighted by molar-refractivity contribution is 0.0729. The van der Waals surface area contributed by atoms with Crippen LogP contribution in [-0.2, 0) is 6.54 Å². The Balaban J connectivity index is 1.83. The van der Waals surface area contributed by atoms with Crippen LogP contribution >= 0.6 is 27.5 Å². The minimum absolute atomic E-state index is 0.0115. The van der Waals surface area contributed by atoms with E-state index in [-0.39, 0.29) is 5.91 Å². The second-order valence-corrected chi connectivity index (χ2v) is 6.37. The van der Waals surface area contributed by atoms with E-state index in [1.165, 1.54) is 0 Å². The van der Waals surface area contributed by atoms with Gasteiger partial charge in [-0.15, -0.1) is 0 Å². The van der Waals surface area contributed by atoms with Crippen molar-refractivity contribution in [3.8, 4) is 0 Å². The number of halogens is 2. The molecule has 1 aliphatic carbocycles. The van der Waals surface area contributed by atoms with Gasteiger partial charge in [-0.1, -0.05) is 45.7 Å². The summed E-state index contributed by atoms with van der Waals surface area (Å²) in [5.41, 5.74) is 1.69. The molecule has 0 saturated heterocycles. The van der Waals surface area contributed by atoms with E-state index in [4.69, 9.17) is 11.6 Å². The van der Waals surface area contributed by atoms with Crippen LogP contribution in [0.15, 0.2) is 47.1 Å². The molecule has 1 aliphatic rings. The van der Waals surface area contributed by atoms with Gasteiger partial charge in [0.25, 0.3) is 5.91 Å². The Morgan fingerprint density at radius 2 is 2.05 bits per heavy atom. The first-order valence-corrected chi connectivity index (χ1v) is 7.98. The average Bonchev–Trinajstić information content (AvgIpc) is 3.31. The highest BCUT2D eigenvalue weighted by Crippen LogP contribution is 2.31. The van der Waals surface area contributed by atoms with Gasteiger partial charge in [0.15, 0.2) is 0 Å². The summed E-state index contributed by atoms with van der Waals surface area (Å²) >= 11 is 9.32. The van der Waals surface area contributed by atoms with Gasteiger partial charge in [0.05, 0.1) is 5.56 Å². The van der Waals surface area contributed by atoms with Crippen LogP contribution in [-0.4, -0.2) is 21.8 Å². The number of rotatable bonds is 4. The highest BCUT2D eigenvalue weighted by atomic mass is 79.9. The third-order valence-corrected chi connectivity index (χ3v) is 4.52. The van der Waals surface area contributed by atoms with Crippen LogP contribution in [0.4, 0.5) is 0 Å². The van der Waals surface area contributed by atoms with Crippen molar-refractivity contribution in [3.05, 3.63) is 63.3 Å². The SMILES string of the molecule is O=C(c1ccc(Cl)nc1)N(Cc1ccccc1Br)C1CC1. The second kappa shape index (κ2) is 6.16. The molecule has 3 rings (SSSR count). The minimum atomic E-state index is 0.0115. The predicted octanol–water partition coefficient (Wildman–Crippen LogP) is 4.30. The molecule has 0 atom stereocenters. The fourth-order valence-corrected chi connectivity index (χ4v) is 2.75. The lowest BCUT2D eigenvalue weighted by atomic mass is 10.2. The second-order valence-electron chi connectivity index (χ2n) is 5.13. The molecule has 0 radical (unpaired) electrons. The first-order valence-electron chi connectivity index (χ1n) is 6.81. The third-order valence-electron chi connectivity index (χ3n) is 3.52. The highest BCUT2D eigenvalue weighted by Gasteiger charge is 2.33. The number of benzene rings is 1. The molecule has 0 bridgehead atoms. The van der Waals surface area contributed by atoms with Gasteiger partial charge in [0.2, 0.25) is 0 Å². The van der Waals surface area contributed by atoms with Crippen molar-refractivity contribution < 1.29 is 4.79 Å². The quantitative estimate of drug-likeness (QED) is 0.757. The summed E-state index contributed by atoms with van der Waals surface area (Å²) in [4.78, 5) is 18.6. The Morgan fingerprint density at radius 3 is 2.67 bits per heavy atom. The van der Waals surface area contributed by atoms with Gasteiger partial charge in [-0.3, -0.25) is 4.79 Å². The van der Waals surface area contributed by atoms with Crippen molar-refractivity contribution in [2.24, 2.45) is 0 Å². The van der Waals surface area contributed by atoms with Gasteiger partial charge in [0, 0.05) is 23.3 Å². The molecule has 0 aliphatic heterocycles. The van der Waals surface area contributed by atoms with Crippen molar-refractivity contribution in [3.63, 3.8) is 0 Å². The van der Waals surface area contributed by atoms with Crippen molar-refractivity contribution in [2.75, 3.05) is 0 Å². The van der Waals surface area contributed by atoms with Crippen molar-refractivity contribution in [2.45, 2.75) is 25.4 Å². The minimum Gasteiger partial charge on any atom is -0.331 e. The van der Waals surface area contributed by atoms with E-state index in [9.17, 15) is 4.79 Å². The van der Waals surface area contributed by atoms with E-state index >= 15 is 0 Å². The molecule has 3 nitrogen and oxygen atoms in total. The monoisotopic (exact) mass is 364 g/mol. The molecular weight excluding hydrogens is 352 g/mol. The standard InChI is InChI=1S/C16H14BrClN2O/c17-14-4-2-1-3-12(14)10-20(13-6-7-13)16(21)11-5-8-15(18)19-9-11/h1-5,8-9,13H,6-7,10H2. The van der Waals surface area contributed by atoms with Gasteiger partial charge >= 0.3 is 0 Å². The van der Waals surface area contributed by atoms with Crippen LogP contribution in [0.5, 0.6) is 0 Å². The molecule has 0 spiro atoms. The van der Waals surface area contributed by atoms with Crippen LogP contribution in [0, 0.1) is 0 Å². The molecule has 1 aromatic carbocycles. The molecule has 1 heterocycles. The van der Waals surface area contributed by atoms with Crippen molar-refractivity contribution in [1.82, 2.24) is 9.88 Å². The smallest absolute Gasteiger partial charge is 0.255 e. The Hall–Kier alpha value is -1.39. The van der Waals surface area contributed by atoms with Gasteiger partial charge in [-0.05, 0) is 36.6 Å². The van der Waals surface area contributed by atoms with Gasteiger partial charge in [0.1, 0.15) is 5.15 Å². The first kappa shape index (κ1) is 14.5. The first-order chi connectivity index (χ1) is 10.1. The van der Waals surface area contributed by atoms with Crippen LogP contribution in [0.3, 0.4) is 0 Å². The molecular formula is C16H14BrClN2O. The maximum Gasteiger partial charge on any atom is 0.255 e. The molecule has 0 N–H and O–H groups in total. The van der Waals surface area contributed by atoms with Gasteiger partial charge < -0.3 is 4.90 Å². The van der Waals surface area contributed by atoms with Crippen molar-refractivity contribution >= 4 is 33.4 Å². The molecule has 1 fully saturated rings. The van der Waals surface area contributed by atoms with Gasteiger partial charge in [-0.25, -0.2) is 4.98 Å². The number of nitrogens with zero attached hydrogens (tertiary/aromatic N) is 2. The number of carbonyl (C=O) groups excluding carboxylic acids is 1. The number of hydrogen-bond donors (Lipinski definition) is 0. The van der Waals surface area contributed by atoms with E-state index in [0.717, 1.165) is 22.9 Å². The summed E-state index contributed by atoms with van der Waals surface area (Å²) in [7, 11) is 0. The average molecular weight is 366 g/mol. The Bertz CT molecular complexity index is 656. The predicted molar refractivity (Wildman–Crippen MR) is 86.3 cm³/mol. The van der Waals surface area contributed by atoms with Crippen LogP contribution < -0.4 is 0 Å². The Morgan fingerprint density at radius 1 is 1.29 bits per heavy atom. The summed E-state index contributed by atoms with van der Waals surface area (Å²) in [5.74, 6) is 0.0115. The third kappa shape index (κ3) is 3.44. The summed E-state index contributed by atoms with van der Waals surface area (Å²) in [6.07, 6.45) is 3.68. The molecule has 0 unspecified atom stereocenters. The number of carbonyl (C=O) groups is 1. The normalized spacial score (nSPS) is 14.0. The maximum absolute atomic E-state index is 12.7. The maximum atomic E-state index is 12.7. The fourth-order valence-electron chi connectivity index (χ4n) is 2.23. The van der Waals surface area contributed by atoms with E-state index in [1.54, 1.807) is 18.3 Å². The topological polar surface area (TPSA) is 33.2 Å². The number of aromatic nitrogens is 1. The van der Waals surface area contributed by atoms with E-state index < -0.39 is 0 Å². The molecule has 1 saturated carbocycles. The zero-order chi connectivity index (χ0) is 14.8. The number of amides is 1. The van der Waals surface area contributed by atoms with Crippen LogP contribution in [0.1, 0.15) is 28.8 Å². The molecule has 21 heavy (non-hydrogen) atoms. The highest BCUT2D eigenvalue weighted by molar-refractivity contribution is 9.10. The summed E-state index contributed by atoms with van der Waals surface area (Å²) in [6.45, 7) is 0.605. The largest absolute Gasteiger partial charge is 0.331 e. The summed E-state index contributed by atoms with van der Waals surface area (Å²) in [6, 6.07) is 11.7. The summed E-state index contributed by atoms with van der Waals surface area (Å²) < 4.78 is 1.03. The number of hydrogen-bond acceptors (Lipinski definition) is 2. The van der Waals surface area contributed by atoms with E-state index in [0.29, 0.717) is 23.3 Å². The zero-order valence-corrected chi connectivity index (χ0v) is 13.6. The summed E-state index contributed by atoms with van der Waals surface area (Å²) in [5, 5.41) is 0.398. The molecule has 2 aromatic rings. The van der Waals surface area contributed by atoms with Crippen molar-refractivity contribution in [1.29, 1.82) is 0 Å². The zero-order valence-electron chi connectivity index (χ0n) is 11.3. The Kier molecular flexibility index (Phi) is 4.27. The van der Waals surface area contributed by atoms with E-state index in [1.807, 2.05) is 29.2 Å².